The minimum Gasteiger partial charge on any atom is -0.454 e. The molecule has 0 fully saturated rings. The first-order valence-electron chi connectivity index (χ1n) is 7.31. The number of nitrogens with one attached hydrogen (secondary N) is 1. The second-order valence-electron chi connectivity index (χ2n) is 5.12. The summed E-state index contributed by atoms with van der Waals surface area (Å²) in [6.07, 6.45) is 2.39. The SMILES string of the molecule is O=C(/C=C/c1ccc2c(c1)OCO2)NC[C@@H](O)c1ccccc1. The van der Waals surface area contributed by atoms with Crippen molar-refractivity contribution in [1.29, 1.82) is 0 Å². The van der Waals surface area contributed by atoms with E-state index in [1.807, 2.05) is 42.5 Å². The minimum absolute atomic E-state index is 0.161. The second-order valence-corrected chi connectivity index (χ2v) is 5.12. The van der Waals surface area contributed by atoms with Crippen molar-refractivity contribution in [3.63, 3.8) is 0 Å². The lowest BCUT2D eigenvalue weighted by molar-refractivity contribution is -0.116. The van der Waals surface area contributed by atoms with Crippen molar-refractivity contribution in [3.8, 4) is 11.5 Å². The predicted molar refractivity (Wildman–Crippen MR) is 86.0 cm³/mol. The van der Waals surface area contributed by atoms with Crippen LogP contribution < -0.4 is 14.8 Å². The number of fused-ring (bicyclic) bond motifs is 1. The van der Waals surface area contributed by atoms with E-state index in [9.17, 15) is 9.90 Å². The highest BCUT2D eigenvalue weighted by atomic mass is 16.7. The number of aliphatic hydroxyl groups excluding tert-OH is 1. The van der Waals surface area contributed by atoms with Gasteiger partial charge < -0.3 is 19.9 Å². The molecule has 1 heterocycles. The van der Waals surface area contributed by atoms with E-state index < -0.39 is 6.10 Å². The zero-order valence-electron chi connectivity index (χ0n) is 12.4. The van der Waals surface area contributed by atoms with Crippen LogP contribution in [0, 0.1) is 0 Å². The first-order chi connectivity index (χ1) is 11.2. The number of hydrogen-bond acceptors (Lipinski definition) is 4. The summed E-state index contributed by atoms with van der Waals surface area (Å²) < 4.78 is 10.5. The normalized spacial score (nSPS) is 14.0. The molecule has 2 aromatic carbocycles. The van der Waals surface area contributed by atoms with Crippen molar-refractivity contribution in [2.75, 3.05) is 13.3 Å². The highest BCUT2D eigenvalue weighted by Gasteiger charge is 2.12. The van der Waals surface area contributed by atoms with E-state index in [0.717, 1.165) is 11.1 Å². The van der Waals surface area contributed by atoms with Crippen LogP contribution in [0.1, 0.15) is 17.2 Å². The summed E-state index contributed by atoms with van der Waals surface area (Å²) in [6.45, 7) is 0.384. The lowest BCUT2D eigenvalue weighted by Gasteiger charge is -2.10. The van der Waals surface area contributed by atoms with Crippen LogP contribution in [0.4, 0.5) is 0 Å². The van der Waals surface area contributed by atoms with Gasteiger partial charge in [0, 0.05) is 12.6 Å². The van der Waals surface area contributed by atoms with Gasteiger partial charge in [0.05, 0.1) is 6.10 Å². The van der Waals surface area contributed by atoms with Gasteiger partial charge in [0.15, 0.2) is 11.5 Å². The van der Waals surface area contributed by atoms with E-state index >= 15 is 0 Å². The Balaban J connectivity index is 1.53. The monoisotopic (exact) mass is 311 g/mol. The zero-order valence-corrected chi connectivity index (χ0v) is 12.4. The van der Waals surface area contributed by atoms with Gasteiger partial charge in [0.1, 0.15) is 0 Å². The van der Waals surface area contributed by atoms with E-state index in [2.05, 4.69) is 5.32 Å². The van der Waals surface area contributed by atoms with Crippen molar-refractivity contribution in [1.82, 2.24) is 5.32 Å². The molecular weight excluding hydrogens is 294 g/mol. The number of carbonyl (C=O) groups is 1. The molecule has 5 heteroatoms. The molecule has 2 aromatic rings. The topological polar surface area (TPSA) is 67.8 Å². The number of hydrogen-bond donors (Lipinski definition) is 2. The summed E-state index contributed by atoms with van der Waals surface area (Å²) in [4.78, 5) is 11.8. The number of amides is 1. The Bertz CT molecular complexity index is 712. The predicted octanol–water partition coefficient (Wildman–Crippen LogP) is 2.28. The average molecular weight is 311 g/mol. The molecular formula is C18H17NO4. The van der Waals surface area contributed by atoms with Crippen molar-refractivity contribution in [3.05, 3.63) is 65.7 Å². The summed E-state index contributed by atoms with van der Waals surface area (Å²) in [6, 6.07) is 14.7. The molecule has 0 aliphatic carbocycles. The molecule has 0 aromatic heterocycles. The Morgan fingerprint density at radius 3 is 2.78 bits per heavy atom. The fraction of sp³-hybridized carbons (Fsp3) is 0.167. The number of ether oxygens (including phenoxy) is 2. The van der Waals surface area contributed by atoms with Crippen LogP contribution in [0.15, 0.2) is 54.6 Å². The second kappa shape index (κ2) is 6.98. The number of carbonyl (C=O) groups excluding carboxylic acids is 1. The molecule has 0 spiro atoms. The Morgan fingerprint density at radius 2 is 1.96 bits per heavy atom. The largest absolute Gasteiger partial charge is 0.454 e. The molecule has 1 aliphatic rings. The van der Waals surface area contributed by atoms with Crippen LogP contribution in [-0.4, -0.2) is 24.4 Å². The third-order valence-corrected chi connectivity index (χ3v) is 3.48. The van der Waals surface area contributed by atoms with Crippen molar-refractivity contribution < 1.29 is 19.4 Å². The number of benzene rings is 2. The number of rotatable bonds is 5. The van der Waals surface area contributed by atoms with Gasteiger partial charge in [-0.05, 0) is 29.3 Å². The van der Waals surface area contributed by atoms with Gasteiger partial charge in [-0.1, -0.05) is 36.4 Å². The van der Waals surface area contributed by atoms with Gasteiger partial charge in [0.2, 0.25) is 12.7 Å². The van der Waals surface area contributed by atoms with Crippen LogP contribution in [0.5, 0.6) is 11.5 Å². The summed E-state index contributed by atoms with van der Waals surface area (Å²) >= 11 is 0. The maximum absolute atomic E-state index is 11.8. The van der Waals surface area contributed by atoms with Crippen LogP contribution in [0.25, 0.3) is 6.08 Å². The van der Waals surface area contributed by atoms with Crippen LogP contribution in [0.3, 0.4) is 0 Å². The standard InChI is InChI=1S/C18H17NO4/c20-15(14-4-2-1-3-5-14)11-19-18(21)9-7-13-6-8-16-17(10-13)23-12-22-16/h1-10,15,20H,11-12H2,(H,19,21)/b9-7+/t15-/m1/s1. The molecule has 0 saturated carbocycles. The minimum atomic E-state index is -0.723. The van der Waals surface area contributed by atoms with Gasteiger partial charge in [0.25, 0.3) is 0 Å². The maximum atomic E-state index is 11.8. The molecule has 0 saturated heterocycles. The summed E-state index contributed by atoms with van der Waals surface area (Å²) in [7, 11) is 0. The van der Waals surface area contributed by atoms with E-state index in [4.69, 9.17) is 9.47 Å². The lowest BCUT2D eigenvalue weighted by Crippen LogP contribution is -2.26. The van der Waals surface area contributed by atoms with Crippen LogP contribution in [0.2, 0.25) is 0 Å². The molecule has 1 aliphatic heterocycles. The third kappa shape index (κ3) is 3.90. The van der Waals surface area contributed by atoms with Crippen LogP contribution >= 0.6 is 0 Å². The van der Waals surface area contributed by atoms with Crippen molar-refractivity contribution >= 4 is 12.0 Å². The molecule has 0 radical (unpaired) electrons. The highest BCUT2D eigenvalue weighted by molar-refractivity contribution is 5.91. The first kappa shape index (κ1) is 15.1. The number of aliphatic hydroxyl groups is 1. The Labute approximate surface area is 134 Å². The van der Waals surface area contributed by atoms with Gasteiger partial charge in [-0.25, -0.2) is 0 Å². The maximum Gasteiger partial charge on any atom is 0.244 e. The van der Waals surface area contributed by atoms with Gasteiger partial charge >= 0.3 is 0 Å². The molecule has 2 N–H and O–H groups in total. The molecule has 1 amide bonds. The molecule has 1 atom stereocenters. The Morgan fingerprint density at radius 1 is 1.17 bits per heavy atom. The average Bonchev–Trinajstić information content (AvgIpc) is 3.06. The fourth-order valence-corrected chi connectivity index (χ4v) is 2.24. The summed E-state index contributed by atoms with van der Waals surface area (Å²) in [5, 5.41) is 12.7. The fourth-order valence-electron chi connectivity index (χ4n) is 2.24. The van der Waals surface area contributed by atoms with Gasteiger partial charge in [-0.3, -0.25) is 4.79 Å². The summed E-state index contributed by atoms with van der Waals surface area (Å²) in [5.74, 6) is 1.11. The lowest BCUT2D eigenvalue weighted by atomic mass is 10.1. The zero-order chi connectivity index (χ0) is 16.1. The van der Waals surface area contributed by atoms with Crippen molar-refractivity contribution in [2.45, 2.75) is 6.10 Å². The van der Waals surface area contributed by atoms with E-state index in [1.54, 1.807) is 12.1 Å². The van der Waals surface area contributed by atoms with Gasteiger partial charge in [-0.2, -0.15) is 0 Å². The third-order valence-electron chi connectivity index (χ3n) is 3.48. The van der Waals surface area contributed by atoms with E-state index in [0.29, 0.717) is 11.5 Å². The molecule has 3 rings (SSSR count). The Hall–Kier alpha value is -2.79. The van der Waals surface area contributed by atoms with E-state index in [1.165, 1.54) is 6.08 Å². The van der Waals surface area contributed by atoms with Crippen LogP contribution in [-0.2, 0) is 4.79 Å². The van der Waals surface area contributed by atoms with Crippen molar-refractivity contribution in [2.24, 2.45) is 0 Å². The highest BCUT2D eigenvalue weighted by Crippen LogP contribution is 2.32. The molecule has 0 unspecified atom stereocenters. The van der Waals surface area contributed by atoms with Gasteiger partial charge in [-0.15, -0.1) is 0 Å². The smallest absolute Gasteiger partial charge is 0.244 e. The molecule has 0 bridgehead atoms. The molecule has 23 heavy (non-hydrogen) atoms. The van der Waals surface area contributed by atoms with E-state index in [-0.39, 0.29) is 19.2 Å². The quantitative estimate of drug-likeness (QED) is 0.831. The molecule has 5 nitrogen and oxygen atoms in total. The summed E-state index contributed by atoms with van der Waals surface area (Å²) in [5.41, 5.74) is 1.61. The first-order valence-corrected chi connectivity index (χ1v) is 7.31. The Kier molecular flexibility index (Phi) is 4.59. The molecule has 118 valence electrons.